The fourth-order valence-electron chi connectivity index (χ4n) is 0.755. The van der Waals surface area contributed by atoms with Crippen LogP contribution < -0.4 is 0 Å². The summed E-state index contributed by atoms with van der Waals surface area (Å²) in [7, 11) is -16.6. The molecule has 0 spiro atoms. The van der Waals surface area contributed by atoms with E-state index in [0.717, 1.165) is 0 Å². The molecule has 20 heteroatoms. The van der Waals surface area contributed by atoms with Crippen LogP contribution in [0.15, 0.2) is 0 Å². The van der Waals surface area contributed by atoms with Crippen molar-refractivity contribution in [1.29, 1.82) is 0 Å². The number of halogens is 12. The van der Waals surface area contributed by atoms with Gasteiger partial charge in [0.05, 0.1) is 3.93 Å². The van der Waals surface area contributed by atoms with Crippen molar-refractivity contribution in [3.8, 4) is 0 Å². The molecule has 0 radical (unpaired) electrons. The number of hydrogen-bond acceptors (Lipinski definition) is 4. The maximum atomic E-state index is 12.9. The fourth-order valence-corrected chi connectivity index (χ4v) is 3.44. The van der Waals surface area contributed by atoms with Crippen molar-refractivity contribution >= 4 is 38.9 Å². The second-order valence-electron chi connectivity index (χ2n) is 3.62. The Labute approximate surface area is 142 Å². The van der Waals surface area contributed by atoms with Gasteiger partial charge in [0.1, 0.15) is 0 Å². The van der Waals surface area contributed by atoms with Crippen molar-refractivity contribution in [1.82, 2.24) is 3.93 Å². The van der Waals surface area contributed by atoms with Crippen LogP contribution >= 0.6 is 0 Å². The number of sulfonamides is 2. The molecule has 25 heavy (non-hydrogen) atoms. The summed E-state index contributed by atoms with van der Waals surface area (Å²) in [6, 6.07) is 0. The van der Waals surface area contributed by atoms with Gasteiger partial charge in [-0.05, 0) is 0 Å². The van der Waals surface area contributed by atoms with E-state index in [1.807, 2.05) is 0 Å². The quantitative estimate of drug-likeness (QED) is 0.360. The molecule has 0 bridgehead atoms. The van der Waals surface area contributed by atoms with E-state index >= 15 is 0 Å². The van der Waals surface area contributed by atoms with Crippen molar-refractivity contribution in [2.24, 2.45) is 0 Å². The predicted molar refractivity (Wildman–Crippen MR) is 54.8 cm³/mol. The molecular formula is C5H2F12LiNO4S2. The van der Waals surface area contributed by atoms with E-state index in [-0.39, 0.29) is 18.9 Å². The fraction of sp³-hybridized carbons (Fsp3) is 1.00. The molecule has 0 saturated carbocycles. The van der Waals surface area contributed by atoms with Gasteiger partial charge in [-0.1, -0.05) is 0 Å². The standard InChI is InChI=1S/C5HF12NO4S2.Li.H/c6-1(7)2(8,9)4(13,14)23(19,20)18(17)24(21,22)5(15,16)3(10,11)12;;/h1H;;. The zero-order valence-electron chi connectivity index (χ0n) is 10.0. The van der Waals surface area contributed by atoms with Gasteiger partial charge in [-0.3, -0.25) is 0 Å². The summed E-state index contributed by atoms with van der Waals surface area (Å²) in [6.07, 6.45) is -12.9. The predicted octanol–water partition coefficient (Wildman–Crippen LogP) is 1.83. The molecular weight excluding hydrogens is 437 g/mol. The summed E-state index contributed by atoms with van der Waals surface area (Å²) in [6.45, 7) is 0. The molecule has 0 saturated heterocycles. The zero-order valence-corrected chi connectivity index (χ0v) is 11.6. The van der Waals surface area contributed by atoms with E-state index in [4.69, 9.17) is 0 Å². The Morgan fingerprint density at radius 2 is 0.960 bits per heavy atom. The van der Waals surface area contributed by atoms with E-state index in [0.29, 0.717) is 0 Å². The average molecular weight is 439 g/mol. The third kappa shape index (κ3) is 3.84. The van der Waals surface area contributed by atoms with Gasteiger partial charge in [-0.15, -0.1) is 4.48 Å². The first-order valence-electron chi connectivity index (χ1n) is 4.54. The Kier molecular flexibility index (Phi) is 7.49. The van der Waals surface area contributed by atoms with Gasteiger partial charge in [-0.2, -0.15) is 39.5 Å². The summed E-state index contributed by atoms with van der Waals surface area (Å²) in [4.78, 5) is 0. The number of rotatable bonds is 6. The van der Waals surface area contributed by atoms with Crippen molar-refractivity contribution in [3.05, 3.63) is 0 Å². The summed E-state index contributed by atoms with van der Waals surface area (Å²) >= 11 is 0. The summed E-state index contributed by atoms with van der Waals surface area (Å²) in [5, 5.41) is -14.8. The first kappa shape index (κ1) is 26.8. The first-order valence-corrected chi connectivity index (χ1v) is 7.42. The van der Waals surface area contributed by atoms with E-state index in [9.17, 15) is 69.6 Å². The summed E-state index contributed by atoms with van der Waals surface area (Å²) in [5.74, 6) is -7.04. The Bertz CT molecular complexity index is 685. The SMILES string of the molecule is O=S(=O)(N(F)S(=O)(=O)C(F)(F)C(F)(F)C(F)F)C(F)(F)C(F)(F)F.[LiH]. The molecule has 0 aromatic heterocycles. The van der Waals surface area contributed by atoms with Crippen LogP contribution in [0.3, 0.4) is 0 Å². The minimum atomic E-state index is -8.31. The molecule has 0 N–H and O–H groups in total. The van der Waals surface area contributed by atoms with Gasteiger partial charge >= 0.3 is 67.9 Å². The van der Waals surface area contributed by atoms with Crippen LogP contribution in [0.1, 0.15) is 0 Å². The molecule has 5 nitrogen and oxygen atoms in total. The molecule has 0 aromatic carbocycles. The van der Waals surface area contributed by atoms with Gasteiger partial charge in [0.25, 0.3) is 0 Å². The van der Waals surface area contributed by atoms with E-state index in [1.54, 1.807) is 0 Å². The Morgan fingerprint density at radius 3 is 1.20 bits per heavy atom. The maximum absolute atomic E-state index is 12.9. The van der Waals surface area contributed by atoms with Crippen LogP contribution in [0.4, 0.5) is 52.8 Å². The van der Waals surface area contributed by atoms with Gasteiger partial charge < -0.3 is 0 Å². The zero-order chi connectivity index (χ0) is 20.2. The van der Waals surface area contributed by atoms with Crippen LogP contribution in [0, 0.1) is 0 Å². The first-order chi connectivity index (χ1) is 10.1. The van der Waals surface area contributed by atoms with Crippen molar-refractivity contribution < 1.29 is 69.6 Å². The van der Waals surface area contributed by atoms with Gasteiger partial charge in [0.15, 0.2) is 0 Å². The summed E-state index contributed by atoms with van der Waals surface area (Å²) in [5.41, 5.74) is 0. The molecule has 0 fully saturated rings. The van der Waals surface area contributed by atoms with Crippen LogP contribution in [0.5, 0.6) is 0 Å². The van der Waals surface area contributed by atoms with Gasteiger partial charge in [-0.25, -0.2) is 25.6 Å². The molecule has 0 heterocycles. The van der Waals surface area contributed by atoms with Crippen LogP contribution in [0.2, 0.25) is 0 Å². The molecule has 0 amide bonds. The van der Waals surface area contributed by atoms with E-state index in [2.05, 4.69) is 0 Å². The van der Waals surface area contributed by atoms with Crippen molar-refractivity contribution in [2.45, 2.75) is 29.0 Å². The molecule has 0 aliphatic heterocycles. The van der Waals surface area contributed by atoms with Gasteiger partial charge in [0, 0.05) is 0 Å². The number of hydrogen-bond donors (Lipinski definition) is 0. The third-order valence-electron chi connectivity index (χ3n) is 2.02. The van der Waals surface area contributed by atoms with E-state index < -0.39 is 53.0 Å². The molecule has 148 valence electrons. The minimum absolute atomic E-state index is 0. The number of alkyl halides is 11. The molecule has 0 atom stereocenters. The summed E-state index contributed by atoms with van der Waals surface area (Å²) < 4.78 is 185. The van der Waals surface area contributed by atoms with E-state index in [1.165, 1.54) is 0 Å². The molecule has 0 aliphatic rings. The van der Waals surface area contributed by atoms with Crippen molar-refractivity contribution in [2.75, 3.05) is 0 Å². The number of nitrogens with zero attached hydrogens (tertiary/aromatic N) is 1. The Morgan fingerprint density at radius 1 is 0.680 bits per heavy atom. The monoisotopic (exact) mass is 439 g/mol. The molecule has 0 aromatic rings. The van der Waals surface area contributed by atoms with Crippen LogP contribution in [0.25, 0.3) is 0 Å². The Balaban J connectivity index is 0. The topological polar surface area (TPSA) is 71.5 Å². The van der Waals surface area contributed by atoms with Gasteiger partial charge in [0.2, 0.25) is 0 Å². The van der Waals surface area contributed by atoms with Crippen LogP contribution in [-0.2, 0) is 20.0 Å². The third-order valence-corrected chi connectivity index (χ3v) is 5.75. The van der Waals surface area contributed by atoms with Crippen LogP contribution in [-0.4, -0.2) is 68.7 Å². The average Bonchev–Trinajstić information content (AvgIpc) is 2.35. The van der Waals surface area contributed by atoms with Crippen molar-refractivity contribution in [3.63, 3.8) is 0 Å². The second-order valence-corrected chi connectivity index (χ2v) is 7.42. The molecule has 0 unspecified atom stereocenters. The Hall–Kier alpha value is -0.383. The second kappa shape index (κ2) is 6.98. The molecule has 0 rings (SSSR count). The molecule has 0 aliphatic carbocycles. The normalized spacial score (nSPS) is 15.4.